The van der Waals surface area contributed by atoms with Crippen LogP contribution in [0.2, 0.25) is 0 Å². The summed E-state index contributed by atoms with van der Waals surface area (Å²) in [7, 11) is 1.54. The second-order valence-electron chi connectivity index (χ2n) is 5.67. The highest BCUT2D eigenvalue weighted by Gasteiger charge is 2.20. The molecule has 0 atom stereocenters. The Balaban J connectivity index is 2.11. The van der Waals surface area contributed by atoms with E-state index in [2.05, 4.69) is 25.9 Å². The number of H-pyrrole nitrogens is 1. The number of para-hydroxylation sites is 1. The number of aromatic amines is 1. The number of rotatable bonds is 6. The molecule has 6 nitrogen and oxygen atoms in total. The third kappa shape index (κ3) is 4.21. The molecule has 3 rings (SSSR count). The maximum Gasteiger partial charge on any atom is 0.270 e. The van der Waals surface area contributed by atoms with Crippen molar-refractivity contribution in [3.63, 3.8) is 0 Å². The van der Waals surface area contributed by atoms with Crippen molar-refractivity contribution in [2.45, 2.75) is 11.8 Å². The molecule has 1 heterocycles. The fraction of sp³-hybridized carbons (Fsp3) is 0.150. The van der Waals surface area contributed by atoms with Gasteiger partial charge < -0.3 is 14.5 Å². The summed E-state index contributed by atoms with van der Waals surface area (Å²) in [5.74, 6) is 0.913. The number of methoxy groups -OCH3 is 1. The van der Waals surface area contributed by atoms with E-state index >= 15 is 0 Å². The van der Waals surface area contributed by atoms with Crippen molar-refractivity contribution in [1.82, 2.24) is 9.97 Å². The average Bonchev–Trinajstić information content (AvgIpc) is 2.71. The molecule has 0 fully saturated rings. The molecule has 0 saturated carbocycles. The SMILES string of the molecule is COc1cccc(-c2nc(SC)[nH]c(=O)c2C#N)c1OCc1cccc(Br)c1. The van der Waals surface area contributed by atoms with E-state index in [1.807, 2.05) is 30.3 Å². The Hall–Kier alpha value is -2.76. The minimum atomic E-state index is -0.488. The zero-order valence-electron chi connectivity index (χ0n) is 15.2. The lowest BCUT2D eigenvalue weighted by atomic mass is 10.1. The maximum absolute atomic E-state index is 12.3. The van der Waals surface area contributed by atoms with Gasteiger partial charge in [-0.05, 0) is 36.1 Å². The largest absolute Gasteiger partial charge is 0.493 e. The number of hydrogen-bond acceptors (Lipinski definition) is 6. The van der Waals surface area contributed by atoms with Gasteiger partial charge in [0.15, 0.2) is 16.7 Å². The molecule has 0 aliphatic rings. The molecule has 0 spiro atoms. The minimum absolute atomic E-state index is 0.0710. The second-order valence-corrected chi connectivity index (χ2v) is 7.38. The van der Waals surface area contributed by atoms with Crippen LogP contribution >= 0.6 is 27.7 Å². The number of nitriles is 1. The van der Waals surface area contributed by atoms with Crippen LogP contribution in [0.1, 0.15) is 11.1 Å². The van der Waals surface area contributed by atoms with Crippen molar-refractivity contribution in [2.24, 2.45) is 0 Å². The summed E-state index contributed by atoms with van der Waals surface area (Å²) in [5.41, 5.74) is 1.18. The number of nitrogens with zero attached hydrogens (tertiary/aromatic N) is 2. The van der Waals surface area contributed by atoms with Gasteiger partial charge in [-0.3, -0.25) is 4.79 Å². The summed E-state index contributed by atoms with van der Waals surface area (Å²) in [4.78, 5) is 19.3. The van der Waals surface area contributed by atoms with Crippen molar-refractivity contribution in [3.05, 3.63) is 68.4 Å². The molecule has 1 aromatic heterocycles. The Morgan fingerprint density at radius 2 is 2.07 bits per heavy atom. The molecule has 0 bridgehead atoms. The first-order valence-electron chi connectivity index (χ1n) is 8.20. The topological polar surface area (TPSA) is 88.0 Å². The summed E-state index contributed by atoms with van der Waals surface area (Å²) in [5, 5.41) is 9.90. The van der Waals surface area contributed by atoms with Gasteiger partial charge in [-0.25, -0.2) is 4.98 Å². The molecule has 142 valence electrons. The fourth-order valence-electron chi connectivity index (χ4n) is 2.64. The van der Waals surface area contributed by atoms with Crippen molar-refractivity contribution in [2.75, 3.05) is 13.4 Å². The van der Waals surface area contributed by atoms with Crippen LogP contribution in [0.5, 0.6) is 11.5 Å². The molecule has 3 aromatic rings. The average molecular weight is 458 g/mol. The molecule has 2 aromatic carbocycles. The highest BCUT2D eigenvalue weighted by molar-refractivity contribution is 9.10. The number of aromatic nitrogens is 2. The fourth-order valence-corrected chi connectivity index (χ4v) is 3.47. The zero-order chi connectivity index (χ0) is 20.1. The number of thioether (sulfide) groups is 1. The molecular weight excluding hydrogens is 442 g/mol. The Morgan fingerprint density at radius 3 is 2.75 bits per heavy atom. The Labute approximate surface area is 174 Å². The summed E-state index contributed by atoms with van der Waals surface area (Å²) in [6.07, 6.45) is 1.80. The van der Waals surface area contributed by atoms with Gasteiger partial charge in [0.2, 0.25) is 0 Å². The lowest BCUT2D eigenvalue weighted by molar-refractivity contribution is 0.285. The summed E-state index contributed by atoms with van der Waals surface area (Å²) < 4.78 is 12.4. The van der Waals surface area contributed by atoms with Crippen molar-refractivity contribution in [3.8, 4) is 28.8 Å². The predicted octanol–water partition coefficient (Wildman–Crippen LogP) is 4.38. The third-order valence-corrected chi connectivity index (χ3v) is 5.00. The standard InChI is InChI=1S/C20H16BrN3O3S/c1-26-16-8-4-7-14(17-15(10-22)19(25)24-20(23-17)28-2)18(16)27-11-12-5-3-6-13(21)9-12/h3-9H,11H2,1-2H3,(H,23,24,25). The van der Waals surface area contributed by atoms with E-state index in [0.29, 0.717) is 22.2 Å². The highest BCUT2D eigenvalue weighted by atomic mass is 79.9. The van der Waals surface area contributed by atoms with Gasteiger partial charge >= 0.3 is 0 Å². The van der Waals surface area contributed by atoms with Crippen LogP contribution in [0.15, 0.2) is 56.9 Å². The van der Waals surface area contributed by atoms with Gasteiger partial charge in [0, 0.05) is 10.0 Å². The monoisotopic (exact) mass is 457 g/mol. The molecule has 8 heteroatoms. The van der Waals surface area contributed by atoms with E-state index in [1.165, 1.54) is 18.9 Å². The van der Waals surface area contributed by atoms with E-state index in [-0.39, 0.29) is 17.9 Å². The molecular formula is C20H16BrN3O3S. The lowest BCUT2D eigenvalue weighted by Gasteiger charge is -2.16. The first-order chi connectivity index (χ1) is 13.6. The van der Waals surface area contributed by atoms with Crippen LogP contribution in [0.25, 0.3) is 11.3 Å². The molecule has 28 heavy (non-hydrogen) atoms. The van der Waals surface area contributed by atoms with E-state index in [9.17, 15) is 10.1 Å². The van der Waals surface area contributed by atoms with Crippen molar-refractivity contribution in [1.29, 1.82) is 5.26 Å². The molecule has 1 N–H and O–H groups in total. The van der Waals surface area contributed by atoms with Gasteiger partial charge in [0.05, 0.1) is 7.11 Å². The van der Waals surface area contributed by atoms with Gasteiger partial charge in [0.1, 0.15) is 23.9 Å². The summed E-state index contributed by atoms with van der Waals surface area (Å²) in [6, 6.07) is 15.0. The van der Waals surface area contributed by atoms with Gasteiger partial charge in [0.25, 0.3) is 5.56 Å². The van der Waals surface area contributed by atoms with Crippen LogP contribution in [-0.4, -0.2) is 23.3 Å². The first-order valence-corrected chi connectivity index (χ1v) is 10.2. The zero-order valence-corrected chi connectivity index (χ0v) is 17.6. The van der Waals surface area contributed by atoms with Crippen molar-refractivity contribution >= 4 is 27.7 Å². The van der Waals surface area contributed by atoms with Crippen molar-refractivity contribution < 1.29 is 9.47 Å². The molecule has 0 aliphatic heterocycles. The normalized spacial score (nSPS) is 10.4. The third-order valence-electron chi connectivity index (χ3n) is 3.93. The van der Waals surface area contributed by atoms with Gasteiger partial charge in [-0.1, -0.05) is 45.9 Å². The van der Waals surface area contributed by atoms with Crippen LogP contribution < -0.4 is 15.0 Å². The molecule has 0 aliphatic carbocycles. The number of benzene rings is 2. The number of nitrogens with one attached hydrogen (secondary N) is 1. The van der Waals surface area contributed by atoms with Crippen LogP contribution in [0.3, 0.4) is 0 Å². The quantitative estimate of drug-likeness (QED) is 0.436. The lowest BCUT2D eigenvalue weighted by Crippen LogP contribution is -2.15. The first kappa shape index (κ1) is 20.0. The Bertz CT molecular complexity index is 1110. The number of hydrogen-bond donors (Lipinski definition) is 1. The minimum Gasteiger partial charge on any atom is -0.493 e. The van der Waals surface area contributed by atoms with E-state index < -0.39 is 5.56 Å². The number of halogens is 1. The summed E-state index contributed by atoms with van der Waals surface area (Å²) in [6.45, 7) is 0.285. The highest BCUT2D eigenvalue weighted by Crippen LogP contribution is 2.38. The van der Waals surface area contributed by atoms with E-state index in [0.717, 1.165) is 10.0 Å². The van der Waals surface area contributed by atoms with Crippen LogP contribution in [-0.2, 0) is 6.61 Å². The van der Waals surface area contributed by atoms with Gasteiger partial charge in [-0.15, -0.1) is 0 Å². The predicted molar refractivity (Wildman–Crippen MR) is 112 cm³/mol. The Kier molecular flexibility index (Phi) is 6.39. The molecule has 0 amide bonds. The summed E-state index contributed by atoms with van der Waals surface area (Å²) >= 11 is 4.73. The number of ether oxygens (including phenoxy) is 2. The molecule has 0 unspecified atom stereocenters. The Morgan fingerprint density at radius 1 is 1.29 bits per heavy atom. The van der Waals surface area contributed by atoms with E-state index in [4.69, 9.17) is 9.47 Å². The van der Waals surface area contributed by atoms with Crippen LogP contribution in [0.4, 0.5) is 0 Å². The second kappa shape index (κ2) is 8.95. The smallest absolute Gasteiger partial charge is 0.270 e. The van der Waals surface area contributed by atoms with E-state index in [1.54, 1.807) is 24.5 Å². The van der Waals surface area contributed by atoms with Gasteiger partial charge in [-0.2, -0.15) is 5.26 Å². The molecule has 0 radical (unpaired) electrons. The molecule has 0 saturated heterocycles. The maximum atomic E-state index is 12.3. The van der Waals surface area contributed by atoms with Crippen LogP contribution in [0, 0.1) is 11.3 Å².